The zero-order valence-electron chi connectivity index (χ0n) is 12.4. The molecule has 0 saturated heterocycles. The predicted octanol–water partition coefficient (Wildman–Crippen LogP) is 3.27. The second-order valence-electron chi connectivity index (χ2n) is 6.97. The largest absolute Gasteiger partial charge is 0.460 e. The van der Waals surface area contributed by atoms with Crippen molar-refractivity contribution in [1.29, 1.82) is 0 Å². The lowest BCUT2D eigenvalue weighted by Crippen LogP contribution is -2.49. The van der Waals surface area contributed by atoms with Crippen LogP contribution in [0.5, 0.6) is 0 Å². The molecule has 0 heterocycles. The quantitative estimate of drug-likeness (QED) is 0.809. The van der Waals surface area contributed by atoms with Crippen LogP contribution in [0.15, 0.2) is 0 Å². The number of hydrogen-bond acceptors (Lipinski definition) is 3. The summed E-state index contributed by atoms with van der Waals surface area (Å²) in [6.07, 6.45) is -4.60. The summed E-state index contributed by atoms with van der Waals surface area (Å²) in [5, 5.41) is 0. The number of carbonyl (C=O) groups excluding carboxylic acids is 1. The maximum absolute atomic E-state index is 12.7. The van der Waals surface area contributed by atoms with E-state index in [4.69, 9.17) is 10.5 Å². The van der Waals surface area contributed by atoms with Gasteiger partial charge in [-0.15, -0.1) is 0 Å². The Balaban J connectivity index is 5.13. The van der Waals surface area contributed by atoms with Crippen LogP contribution < -0.4 is 5.73 Å². The first-order chi connectivity index (χ1) is 8.13. The summed E-state index contributed by atoms with van der Waals surface area (Å²) in [6.45, 7) is 10.1. The van der Waals surface area contributed by atoms with E-state index in [1.807, 2.05) is 0 Å². The zero-order valence-corrected chi connectivity index (χ0v) is 12.4. The molecule has 0 fully saturated rings. The summed E-state index contributed by atoms with van der Waals surface area (Å²) >= 11 is 0. The lowest BCUT2D eigenvalue weighted by Gasteiger charge is -2.32. The van der Waals surface area contributed by atoms with Gasteiger partial charge < -0.3 is 10.5 Å². The highest BCUT2D eigenvalue weighted by Gasteiger charge is 2.47. The number of ether oxygens (including phenoxy) is 1. The highest BCUT2D eigenvalue weighted by Crippen LogP contribution is 2.33. The smallest absolute Gasteiger partial charge is 0.404 e. The summed E-state index contributed by atoms with van der Waals surface area (Å²) in [5.74, 6) is -2.29. The van der Waals surface area contributed by atoms with E-state index in [2.05, 4.69) is 0 Å². The van der Waals surface area contributed by atoms with Gasteiger partial charge in [0.15, 0.2) is 0 Å². The van der Waals surface area contributed by atoms with Crippen LogP contribution in [-0.4, -0.2) is 23.8 Å². The molecule has 0 aliphatic carbocycles. The van der Waals surface area contributed by atoms with Crippen molar-refractivity contribution >= 4 is 5.97 Å². The molecule has 0 aromatic rings. The van der Waals surface area contributed by atoms with Gasteiger partial charge >= 0.3 is 12.1 Å². The van der Waals surface area contributed by atoms with Crippen LogP contribution in [0, 0.1) is 11.3 Å². The lowest BCUT2D eigenvalue weighted by atomic mass is 9.81. The molecule has 0 amide bonds. The molecule has 0 saturated carbocycles. The van der Waals surface area contributed by atoms with Crippen LogP contribution in [-0.2, 0) is 9.53 Å². The molecule has 3 nitrogen and oxygen atoms in total. The van der Waals surface area contributed by atoms with E-state index in [0.29, 0.717) is 0 Å². The lowest BCUT2D eigenvalue weighted by molar-refractivity contribution is -0.185. The minimum atomic E-state index is -4.62. The number of halogens is 3. The summed E-state index contributed by atoms with van der Waals surface area (Å²) in [6, 6.07) is -2.21. The monoisotopic (exact) mass is 283 g/mol. The normalized spacial score (nSPS) is 16.9. The van der Waals surface area contributed by atoms with Crippen LogP contribution in [0.1, 0.15) is 48.0 Å². The fraction of sp³-hybridized carbons (Fsp3) is 0.923. The van der Waals surface area contributed by atoms with Crippen molar-refractivity contribution in [2.45, 2.75) is 65.8 Å². The van der Waals surface area contributed by atoms with Crippen molar-refractivity contribution in [3.8, 4) is 0 Å². The minimum absolute atomic E-state index is 0.0165. The van der Waals surface area contributed by atoms with Crippen molar-refractivity contribution in [3.63, 3.8) is 0 Å². The van der Waals surface area contributed by atoms with Gasteiger partial charge in [0, 0.05) is 0 Å². The van der Waals surface area contributed by atoms with Gasteiger partial charge in [0.05, 0.1) is 5.92 Å². The number of carbonyl (C=O) groups is 1. The Morgan fingerprint density at radius 2 is 1.53 bits per heavy atom. The van der Waals surface area contributed by atoms with Crippen molar-refractivity contribution < 1.29 is 22.7 Å². The fourth-order valence-electron chi connectivity index (χ4n) is 1.62. The molecule has 19 heavy (non-hydrogen) atoms. The molecule has 0 aromatic heterocycles. The fourth-order valence-corrected chi connectivity index (χ4v) is 1.62. The first-order valence-corrected chi connectivity index (χ1v) is 6.19. The molecule has 0 aliphatic rings. The molecule has 0 unspecified atom stereocenters. The molecule has 114 valence electrons. The number of hydrogen-bond donors (Lipinski definition) is 1. The van der Waals surface area contributed by atoms with Gasteiger partial charge in [-0.3, -0.25) is 4.79 Å². The van der Waals surface area contributed by atoms with Gasteiger partial charge in [-0.1, -0.05) is 20.8 Å². The van der Waals surface area contributed by atoms with Gasteiger partial charge in [0.25, 0.3) is 0 Å². The Labute approximate surface area is 112 Å². The van der Waals surface area contributed by atoms with Gasteiger partial charge in [-0.2, -0.15) is 13.2 Å². The van der Waals surface area contributed by atoms with Crippen LogP contribution >= 0.6 is 0 Å². The summed E-state index contributed by atoms with van der Waals surface area (Å²) in [5.41, 5.74) is 3.91. The number of rotatable bonds is 3. The Kier molecular flexibility index (Phi) is 5.46. The highest BCUT2D eigenvalue weighted by molar-refractivity contribution is 5.74. The highest BCUT2D eigenvalue weighted by atomic mass is 19.4. The Morgan fingerprint density at radius 3 is 1.79 bits per heavy atom. The summed E-state index contributed by atoms with van der Waals surface area (Å²) < 4.78 is 43.2. The molecule has 2 atom stereocenters. The zero-order chi connectivity index (χ0) is 15.6. The Bertz CT molecular complexity index is 313. The van der Waals surface area contributed by atoms with Crippen molar-refractivity contribution in [2.24, 2.45) is 17.1 Å². The SMILES string of the molecule is CC(C)(C)C[C@@H](C(=O)OC(C)(C)C)[C@@H](N)C(F)(F)F. The minimum Gasteiger partial charge on any atom is -0.460 e. The Morgan fingerprint density at radius 1 is 1.11 bits per heavy atom. The number of nitrogens with two attached hydrogens (primary N) is 1. The predicted molar refractivity (Wildman–Crippen MR) is 67.4 cm³/mol. The first kappa shape index (κ1) is 18.2. The topological polar surface area (TPSA) is 52.3 Å². The van der Waals surface area contributed by atoms with E-state index in [9.17, 15) is 18.0 Å². The third-order valence-electron chi connectivity index (χ3n) is 2.35. The average Bonchev–Trinajstić information content (AvgIpc) is 2.06. The summed E-state index contributed by atoms with van der Waals surface area (Å²) in [4.78, 5) is 11.9. The average molecular weight is 283 g/mol. The second kappa shape index (κ2) is 5.69. The molecular formula is C13H24F3NO2. The summed E-state index contributed by atoms with van der Waals surface area (Å²) in [7, 11) is 0. The molecule has 0 rings (SSSR count). The van der Waals surface area contributed by atoms with Crippen molar-refractivity contribution in [1.82, 2.24) is 0 Å². The standard InChI is InChI=1S/C13H24F3NO2/c1-11(2,3)7-8(9(17)13(14,15)16)10(18)19-12(4,5)6/h8-9H,7,17H2,1-6H3/t8-,9-/m1/s1. The third kappa shape index (κ3) is 7.40. The van der Waals surface area contributed by atoms with E-state index < -0.39 is 35.1 Å². The molecule has 0 aliphatic heterocycles. The molecular weight excluding hydrogens is 259 g/mol. The van der Waals surface area contributed by atoms with Crippen LogP contribution in [0.2, 0.25) is 0 Å². The van der Waals surface area contributed by atoms with Crippen molar-refractivity contribution in [2.75, 3.05) is 0 Å². The van der Waals surface area contributed by atoms with E-state index in [0.717, 1.165) is 0 Å². The number of alkyl halides is 3. The van der Waals surface area contributed by atoms with Crippen LogP contribution in [0.3, 0.4) is 0 Å². The van der Waals surface area contributed by atoms with Crippen LogP contribution in [0.25, 0.3) is 0 Å². The number of esters is 1. The first-order valence-electron chi connectivity index (χ1n) is 6.19. The molecule has 6 heteroatoms. The van der Waals surface area contributed by atoms with E-state index in [1.54, 1.807) is 41.5 Å². The molecule has 0 radical (unpaired) electrons. The maximum Gasteiger partial charge on any atom is 0.404 e. The Hall–Kier alpha value is -0.780. The second-order valence-corrected chi connectivity index (χ2v) is 6.97. The molecule has 0 spiro atoms. The van der Waals surface area contributed by atoms with Gasteiger partial charge in [0.2, 0.25) is 0 Å². The van der Waals surface area contributed by atoms with E-state index in [-0.39, 0.29) is 6.42 Å². The van der Waals surface area contributed by atoms with E-state index in [1.165, 1.54) is 0 Å². The molecule has 0 aromatic carbocycles. The maximum atomic E-state index is 12.7. The molecule has 2 N–H and O–H groups in total. The van der Waals surface area contributed by atoms with Crippen molar-refractivity contribution in [3.05, 3.63) is 0 Å². The van der Waals surface area contributed by atoms with Gasteiger partial charge in [-0.25, -0.2) is 0 Å². The van der Waals surface area contributed by atoms with E-state index >= 15 is 0 Å². The van der Waals surface area contributed by atoms with Gasteiger partial charge in [-0.05, 0) is 32.6 Å². The van der Waals surface area contributed by atoms with Gasteiger partial charge in [0.1, 0.15) is 11.6 Å². The third-order valence-corrected chi connectivity index (χ3v) is 2.35. The van der Waals surface area contributed by atoms with Crippen LogP contribution in [0.4, 0.5) is 13.2 Å². The molecule has 0 bridgehead atoms.